The molecule has 0 unspecified atom stereocenters. The summed E-state index contributed by atoms with van der Waals surface area (Å²) in [5, 5.41) is 2.65. The van der Waals surface area contributed by atoms with Crippen molar-refractivity contribution in [2.75, 3.05) is 5.32 Å². The zero-order valence-electron chi connectivity index (χ0n) is 11.2. The van der Waals surface area contributed by atoms with Crippen LogP contribution < -0.4 is 5.32 Å². The maximum Gasteiger partial charge on any atom is 0.315 e. The predicted molar refractivity (Wildman–Crippen MR) is 70.3 cm³/mol. The molecule has 4 heteroatoms. The summed E-state index contributed by atoms with van der Waals surface area (Å²) in [6, 6.07) is 7.37. The molecule has 0 fully saturated rings. The maximum absolute atomic E-state index is 11.6. The molecule has 1 N–H and O–H groups in total. The van der Waals surface area contributed by atoms with Crippen LogP contribution in [0.15, 0.2) is 24.3 Å². The van der Waals surface area contributed by atoms with Crippen LogP contribution in [0.5, 0.6) is 0 Å². The third kappa shape index (κ3) is 5.48. The molecule has 18 heavy (non-hydrogen) atoms. The quantitative estimate of drug-likeness (QED) is 0.662. The van der Waals surface area contributed by atoms with Gasteiger partial charge in [0.25, 0.3) is 0 Å². The second kappa shape index (κ2) is 5.67. The van der Waals surface area contributed by atoms with Crippen LogP contribution in [0.25, 0.3) is 0 Å². The molecule has 0 bridgehead atoms. The van der Waals surface area contributed by atoms with Crippen molar-refractivity contribution in [3.8, 4) is 0 Å². The van der Waals surface area contributed by atoms with Crippen molar-refractivity contribution in [1.29, 1.82) is 0 Å². The number of esters is 1. The first kappa shape index (κ1) is 14.2. The molecule has 0 spiro atoms. The molecule has 0 aromatic heterocycles. The van der Waals surface area contributed by atoms with Crippen molar-refractivity contribution in [2.45, 2.75) is 39.7 Å². The summed E-state index contributed by atoms with van der Waals surface area (Å²) in [5.41, 5.74) is 1.22. The van der Waals surface area contributed by atoms with Gasteiger partial charge in [0.2, 0.25) is 5.91 Å². The van der Waals surface area contributed by atoms with Crippen LogP contribution >= 0.6 is 0 Å². The largest absolute Gasteiger partial charge is 0.460 e. The molecule has 0 aliphatic heterocycles. The molecule has 1 rings (SSSR count). The zero-order valence-corrected chi connectivity index (χ0v) is 11.2. The van der Waals surface area contributed by atoms with Crippen molar-refractivity contribution >= 4 is 17.6 Å². The molecule has 0 aliphatic rings. The summed E-state index contributed by atoms with van der Waals surface area (Å²) < 4.78 is 5.07. The molecule has 0 radical (unpaired) electrons. The van der Waals surface area contributed by atoms with Crippen LogP contribution in [0.3, 0.4) is 0 Å². The van der Waals surface area contributed by atoms with Crippen LogP contribution in [0.2, 0.25) is 0 Å². The molecule has 0 heterocycles. The van der Waals surface area contributed by atoms with Crippen molar-refractivity contribution in [3.63, 3.8) is 0 Å². The molecule has 0 saturated carbocycles. The number of rotatable bonds is 3. The lowest BCUT2D eigenvalue weighted by atomic mass is 10.2. The minimum absolute atomic E-state index is 0.273. The lowest BCUT2D eigenvalue weighted by Gasteiger charge is -2.19. The van der Waals surface area contributed by atoms with Crippen molar-refractivity contribution in [2.24, 2.45) is 0 Å². The third-order valence-electron chi connectivity index (χ3n) is 2.06. The first-order valence-corrected chi connectivity index (χ1v) is 5.84. The standard InChI is InChI=1S/C14H19NO3/c1-10-5-7-11(8-6-10)15-12(16)9-13(17)18-14(2,3)4/h5-8H,9H2,1-4H3,(H,15,16). The number of anilines is 1. The van der Waals surface area contributed by atoms with Crippen LogP contribution in [-0.2, 0) is 14.3 Å². The van der Waals surface area contributed by atoms with Gasteiger partial charge in [0, 0.05) is 5.69 Å². The summed E-state index contributed by atoms with van der Waals surface area (Å²) in [6.45, 7) is 7.26. The Kier molecular flexibility index (Phi) is 4.48. The second-order valence-electron chi connectivity index (χ2n) is 5.18. The fraction of sp³-hybridized carbons (Fsp3) is 0.429. The van der Waals surface area contributed by atoms with E-state index in [0.717, 1.165) is 5.56 Å². The van der Waals surface area contributed by atoms with Gasteiger partial charge in [-0.2, -0.15) is 0 Å². The van der Waals surface area contributed by atoms with Crippen LogP contribution in [0, 0.1) is 6.92 Å². The number of benzene rings is 1. The molecular weight excluding hydrogens is 230 g/mol. The predicted octanol–water partition coefficient (Wildman–Crippen LogP) is 2.67. The molecule has 0 aliphatic carbocycles. The molecule has 1 aromatic rings. The maximum atomic E-state index is 11.6. The van der Waals surface area contributed by atoms with Gasteiger partial charge < -0.3 is 10.1 Å². The van der Waals surface area contributed by atoms with Crippen molar-refractivity contribution in [3.05, 3.63) is 29.8 Å². The Bertz CT molecular complexity index is 429. The summed E-state index contributed by atoms with van der Waals surface area (Å²) in [6.07, 6.45) is -0.273. The average molecular weight is 249 g/mol. The third-order valence-corrected chi connectivity index (χ3v) is 2.06. The van der Waals surface area contributed by atoms with E-state index < -0.39 is 11.6 Å². The van der Waals surface area contributed by atoms with Gasteiger partial charge >= 0.3 is 5.97 Å². The van der Waals surface area contributed by atoms with Crippen LogP contribution in [0.4, 0.5) is 5.69 Å². The van der Waals surface area contributed by atoms with Gasteiger partial charge in [0.1, 0.15) is 12.0 Å². The van der Waals surface area contributed by atoms with Gasteiger partial charge in [-0.15, -0.1) is 0 Å². The van der Waals surface area contributed by atoms with Gasteiger partial charge in [-0.1, -0.05) is 17.7 Å². The van der Waals surface area contributed by atoms with E-state index in [2.05, 4.69) is 5.32 Å². The fourth-order valence-electron chi connectivity index (χ4n) is 1.35. The first-order valence-electron chi connectivity index (χ1n) is 5.84. The van der Waals surface area contributed by atoms with E-state index in [4.69, 9.17) is 4.74 Å². The highest BCUT2D eigenvalue weighted by atomic mass is 16.6. The second-order valence-corrected chi connectivity index (χ2v) is 5.18. The SMILES string of the molecule is Cc1ccc(NC(=O)CC(=O)OC(C)(C)C)cc1. The molecule has 4 nitrogen and oxygen atoms in total. The van der Waals surface area contributed by atoms with E-state index in [1.54, 1.807) is 32.9 Å². The molecule has 0 atom stereocenters. The van der Waals surface area contributed by atoms with Crippen LogP contribution in [0.1, 0.15) is 32.8 Å². The Morgan fingerprint density at radius 1 is 1.17 bits per heavy atom. The normalized spacial score (nSPS) is 10.9. The van der Waals surface area contributed by atoms with Gasteiger partial charge in [0.05, 0.1) is 0 Å². The number of amides is 1. The number of hydrogen-bond donors (Lipinski definition) is 1. The minimum Gasteiger partial charge on any atom is -0.460 e. The Balaban J connectivity index is 2.47. The summed E-state index contributed by atoms with van der Waals surface area (Å²) >= 11 is 0. The topological polar surface area (TPSA) is 55.4 Å². The van der Waals surface area contributed by atoms with E-state index in [-0.39, 0.29) is 12.3 Å². The number of ether oxygens (including phenoxy) is 1. The van der Waals surface area contributed by atoms with E-state index in [1.165, 1.54) is 0 Å². The lowest BCUT2D eigenvalue weighted by Crippen LogP contribution is -2.27. The fourth-order valence-corrected chi connectivity index (χ4v) is 1.35. The average Bonchev–Trinajstić information content (AvgIpc) is 2.18. The Morgan fingerprint density at radius 2 is 1.72 bits per heavy atom. The van der Waals surface area contributed by atoms with E-state index in [1.807, 2.05) is 19.1 Å². The summed E-state index contributed by atoms with van der Waals surface area (Å²) in [7, 11) is 0. The monoisotopic (exact) mass is 249 g/mol. The van der Waals surface area contributed by atoms with Gasteiger partial charge in [-0.3, -0.25) is 9.59 Å². The van der Waals surface area contributed by atoms with Crippen molar-refractivity contribution < 1.29 is 14.3 Å². The van der Waals surface area contributed by atoms with Crippen molar-refractivity contribution in [1.82, 2.24) is 0 Å². The van der Waals surface area contributed by atoms with E-state index >= 15 is 0 Å². The number of aryl methyl sites for hydroxylation is 1. The van der Waals surface area contributed by atoms with Gasteiger partial charge in [-0.25, -0.2) is 0 Å². The number of nitrogens with one attached hydrogen (secondary N) is 1. The van der Waals surface area contributed by atoms with Gasteiger partial charge in [0.15, 0.2) is 0 Å². The number of carbonyl (C=O) groups excluding carboxylic acids is 2. The zero-order chi connectivity index (χ0) is 13.8. The highest BCUT2D eigenvalue weighted by Gasteiger charge is 2.18. The Hall–Kier alpha value is -1.84. The van der Waals surface area contributed by atoms with E-state index in [9.17, 15) is 9.59 Å². The summed E-state index contributed by atoms with van der Waals surface area (Å²) in [4.78, 5) is 23.0. The van der Waals surface area contributed by atoms with Gasteiger partial charge in [-0.05, 0) is 39.8 Å². The number of carbonyl (C=O) groups is 2. The summed E-state index contributed by atoms with van der Waals surface area (Å²) in [5.74, 6) is -0.889. The molecular formula is C14H19NO3. The van der Waals surface area contributed by atoms with E-state index in [0.29, 0.717) is 5.69 Å². The Labute approximate surface area is 107 Å². The highest BCUT2D eigenvalue weighted by molar-refractivity contribution is 6.01. The molecule has 1 amide bonds. The van der Waals surface area contributed by atoms with Crippen LogP contribution in [-0.4, -0.2) is 17.5 Å². The highest BCUT2D eigenvalue weighted by Crippen LogP contribution is 2.11. The molecule has 98 valence electrons. The Morgan fingerprint density at radius 3 is 2.22 bits per heavy atom. The molecule has 0 saturated heterocycles. The smallest absolute Gasteiger partial charge is 0.315 e. The lowest BCUT2D eigenvalue weighted by molar-refractivity contribution is -0.155. The minimum atomic E-state index is -0.568. The first-order chi connectivity index (χ1) is 8.26. The molecule has 1 aromatic carbocycles. The number of hydrogen-bond acceptors (Lipinski definition) is 3.